The maximum absolute atomic E-state index is 6.19. The molecule has 0 bridgehead atoms. The van der Waals surface area contributed by atoms with Gasteiger partial charge in [0.15, 0.2) is 0 Å². The lowest BCUT2D eigenvalue weighted by Gasteiger charge is -2.24. The van der Waals surface area contributed by atoms with Gasteiger partial charge in [-0.05, 0) is 47.2 Å². The predicted octanol–water partition coefficient (Wildman–Crippen LogP) is 3.94. The maximum Gasteiger partial charge on any atom is 0.0298 e. The number of nitrogens with two attached hydrogens (primary N) is 1. The van der Waals surface area contributed by atoms with Gasteiger partial charge in [-0.25, -0.2) is 0 Å². The van der Waals surface area contributed by atoms with E-state index in [0.717, 1.165) is 12.8 Å². The summed E-state index contributed by atoms with van der Waals surface area (Å²) in [5, 5.41) is 2.66. The molecule has 2 heteroatoms. The summed E-state index contributed by atoms with van der Waals surface area (Å²) in [6.45, 7) is 0. The van der Waals surface area contributed by atoms with Crippen molar-refractivity contribution in [3.8, 4) is 0 Å². The highest BCUT2D eigenvalue weighted by atomic mass is 79.9. The van der Waals surface area contributed by atoms with Gasteiger partial charge >= 0.3 is 0 Å². The molecule has 1 nitrogen and oxygen atoms in total. The van der Waals surface area contributed by atoms with Crippen molar-refractivity contribution in [2.45, 2.75) is 25.3 Å². The Balaban J connectivity index is 2.38. The fourth-order valence-corrected chi connectivity index (χ4v) is 3.27. The van der Waals surface area contributed by atoms with Gasteiger partial charge in [0.1, 0.15) is 0 Å². The second-order valence-electron chi connectivity index (χ2n) is 4.47. The number of halogens is 1. The smallest absolute Gasteiger partial charge is 0.0298 e. The first-order valence-electron chi connectivity index (χ1n) is 5.73. The Morgan fingerprint density at radius 1 is 1.19 bits per heavy atom. The Morgan fingerprint density at radius 2 is 1.94 bits per heavy atom. The van der Waals surface area contributed by atoms with Crippen molar-refractivity contribution < 1.29 is 0 Å². The van der Waals surface area contributed by atoms with E-state index in [-0.39, 0.29) is 6.04 Å². The Bertz CT molecular complexity index is 548. The Morgan fingerprint density at radius 3 is 2.75 bits per heavy atom. The molecule has 82 valence electrons. The quantitative estimate of drug-likeness (QED) is 0.775. The highest BCUT2D eigenvalue weighted by Gasteiger charge is 2.19. The topological polar surface area (TPSA) is 26.0 Å². The molecule has 0 aromatic heterocycles. The lowest BCUT2D eigenvalue weighted by atomic mass is 9.85. The minimum absolute atomic E-state index is 0.213. The van der Waals surface area contributed by atoms with Crippen LogP contribution in [0.3, 0.4) is 0 Å². The number of hydrogen-bond acceptors (Lipinski definition) is 1. The molecule has 2 N–H and O–H groups in total. The second kappa shape index (κ2) is 3.86. The van der Waals surface area contributed by atoms with Crippen LogP contribution in [0, 0.1) is 0 Å². The van der Waals surface area contributed by atoms with E-state index in [1.54, 1.807) is 0 Å². The molecule has 0 fully saturated rings. The van der Waals surface area contributed by atoms with Gasteiger partial charge < -0.3 is 5.73 Å². The van der Waals surface area contributed by atoms with Gasteiger partial charge in [-0.15, -0.1) is 0 Å². The van der Waals surface area contributed by atoms with Crippen molar-refractivity contribution in [2.24, 2.45) is 5.73 Å². The summed E-state index contributed by atoms with van der Waals surface area (Å²) in [6, 6.07) is 11.0. The molecular formula is C14H14BrN. The van der Waals surface area contributed by atoms with Crippen LogP contribution in [0.25, 0.3) is 10.8 Å². The van der Waals surface area contributed by atoms with Crippen LogP contribution in [-0.2, 0) is 6.42 Å². The van der Waals surface area contributed by atoms with Gasteiger partial charge in [0.25, 0.3) is 0 Å². The number of aryl methyl sites for hydroxylation is 1. The zero-order chi connectivity index (χ0) is 11.1. The molecule has 2 aromatic carbocycles. The van der Waals surface area contributed by atoms with E-state index in [9.17, 15) is 0 Å². The Hall–Kier alpha value is -0.860. The van der Waals surface area contributed by atoms with Crippen LogP contribution in [0.15, 0.2) is 34.8 Å². The van der Waals surface area contributed by atoms with Crippen molar-refractivity contribution in [1.29, 1.82) is 0 Å². The van der Waals surface area contributed by atoms with E-state index < -0.39 is 0 Å². The zero-order valence-electron chi connectivity index (χ0n) is 9.04. The van der Waals surface area contributed by atoms with Gasteiger partial charge in [0.05, 0.1) is 0 Å². The fourth-order valence-electron chi connectivity index (χ4n) is 2.68. The molecule has 0 spiro atoms. The second-order valence-corrected chi connectivity index (χ2v) is 5.32. The largest absolute Gasteiger partial charge is 0.324 e. The van der Waals surface area contributed by atoms with E-state index in [1.165, 1.54) is 32.8 Å². The highest BCUT2D eigenvalue weighted by Crippen LogP contribution is 2.37. The summed E-state index contributed by atoms with van der Waals surface area (Å²) in [6.07, 6.45) is 3.48. The molecule has 0 saturated heterocycles. The molecule has 16 heavy (non-hydrogen) atoms. The number of benzene rings is 2. The summed E-state index contributed by atoms with van der Waals surface area (Å²) in [5.41, 5.74) is 8.97. The van der Waals surface area contributed by atoms with Crippen molar-refractivity contribution in [3.05, 3.63) is 45.9 Å². The summed E-state index contributed by atoms with van der Waals surface area (Å²) in [5.74, 6) is 0. The van der Waals surface area contributed by atoms with Gasteiger partial charge in [-0.1, -0.05) is 40.2 Å². The Kier molecular flexibility index (Phi) is 2.49. The normalized spacial score (nSPS) is 19.8. The van der Waals surface area contributed by atoms with Crippen LogP contribution in [0.1, 0.15) is 30.0 Å². The third kappa shape index (κ3) is 1.48. The van der Waals surface area contributed by atoms with Gasteiger partial charge in [0, 0.05) is 10.5 Å². The van der Waals surface area contributed by atoms with Crippen LogP contribution in [0.2, 0.25) is 0 Å². The summed E-state index contributed by atoms with van der Waals surface area (Å²) in [7, 11) is 0. The molecular weight excluding hydrogens is 262 g/mol. The molecule has 0 saturated carbocycles. The van der Waals surface area contributed by atoms with Gasteiger partial charge in [-0.3, -0.25) is 0 Å². The van der Waals surface area contributed by atoms with Crippen LogP contribution >= 0.6 is 15.9 Å². The fraction of sp³-hybridized carbons (Fsp3) is 0.286. The molecule has 0 radical (unpaired) electrons. The van der Waals surface area contributed by atoms with E-state index in [1.807, 2.05) is 0 Å². The maximum atomic E-state index is 6.19. The predicted molar refractivity (Wildman–Crippen MR) is 71.5 cm³/mol. The molecule has 1 atom stereocenters. The van der Waals surface area contributed by atoms with Crippen molar-refractivity contribution in [1.82, 2.24) is 0 Å². The molecule has 1 aliphatic carbocycles. The average Bonchev–Trinajstić information content (AvgIpc) is 2.31. The van der Waals surface area contributed by atoms with E-state index in [0.29, 0.717) is 0 Å². The number of fused-ring (bicyclic) bond motifs is 3. The molecule has 0 amide bonds. The minimum Gasteiger partial charge on any atom is -0.324 e. The van der Waals surface area contributed by atoms with Crippen LogP contribution in [-0.4, -0.2) is 0 Å². The molecule has 0 aliphatic heterocycles. The number of rotatable bonds is 0. The standard InChI is InChI=1S/C14H14BrN/c15-13-8-12-10(6-3-7-14(12)16)9-4-1-2-5-11(9)13/h1-2,4-5,8,14H,3,6-7,16H2/t14-/m0/s1. The van der Waals surface area contributed by atoms with Crippen molar-refractivity contribution in [2.75, 3.05) is 0 Å². The Labute approximate surface area is 104 Å². The monoisotopic (exact) mass is 275 g/mol. The molecule has 0 heterocycles. The van der Waals surface area contributed by atoms with Gasteiger partial charge in [-0.2, -0.15) is 0 Å². The lowest BCUT2D eigenvalue weighted by molar-refractivity contribution is 0.573. The van der Waals surface area contributed by atoms with Gasteiger partial charge in [0.2, 0.25) is 0 Å². The van der Waals surface area contributed by atoms with Crippen molar-refractivity contribution in [3.63, 3.8) is 0 Å². The zero-order valence-corrected chi connectivity index (χ0v) is 10.6. The molecule has 1 aliphatic rings. The minimum atomic E-state index is 0.213. The molecule has 0 unspecified atom stereocenters. The first kappa shape index (κ1) is 10.3. The first-order valence-corrected chi connectivity index (χ1v) is 6.52. The lowest BCUT2D eigenvalue weighted by Crippen LogP contribution is -2.17. The van der Waals surface area contributed by atoms with Crippen LogP contribution in [0.4, 0.5) is 0 Å². The molecule has 2 aromatic rings. The van der Waals surface area contributed by atoms with E-state index in [4.69, 9.17) is 5.73 Å². The summed E-state index contributed by atoms with van der Waals surface area (Å²) in [4.78, 5) is 0. The highest BCUT2D eigenvalue weighted by molar-refractivity contribution is 9.10. The van der Waals surface area contributed by atoms with E-state index in [2.05, 4.69) is 46.3 Å². The van der Waals surface area contributed by atoms with Crippen LogP contribution in [0.5, 0.6) is 0 Å². The SMILES string of the molecule is N[C@H]1CCCc2c1cc(Br)c1ccccc21. The third-order valence-corrected chi connectivity index (χ3v) is 4.14. The number of hydrogen-bond donors (Lipinski definition) is 1. The first-order chi connectivity index (χ1) is 7.77. The summed E-state index contributed by atoms with van der Waals surface area (Å²) < 4.78 is 1.17. The van der Waals surface area contributed by atoms with E-state index >= 15 is 0 Å². The summed E-state index contributed by atoms with van der Waals surface area (Å²) >= 11 is 3.65. The van der Waals surface area contributed by atoms with Crippen molar-refractivity contribution >= 4 is 26.7 Å². The third-order valence-electron chi connectivity index (χ3n) is 3.48. The molecule has 3 rings (SSSR count). The van der Waals surface area contributed by atoms with Crippen LogP contribution < -0.4 is 5.73 Å². The average molecular weight is 276 g/mol.